The number of rotatable bonds is 4. The number of aromatic nitrogens is 2. The van der Waals surface area contributed by atoms with Gasteiger partial charge in [-0.2, -0.15) is 0 Å². The number of benzene rings is 2. The Balaban J connectivity index is 1.94. The molecule has 128 valence electrons. The Kier molecular flexibility index (Phi) is 4.56. The van der Waals surface area contributed by atoms with Crippen LogP contribution in [0.25, 0.3) is 10.9 Å². The standard InChI is InChI=1S/C18H15F2N3O2/c1-2-16(17(24)22-11-7-8-13(19)14(20)9-11)23-10-21-15-6-4-3-5-12(15)18(23)25/h3-10,16H,2H2,1H3,(H,22,24)/t16-/m0/s1. The Labute approximate surface area is 141 Å². The first kappa shape index (κ1) is 16.8. The summed E-state index contributed by atoms with van der Waals surface area (Å²) >= 11 is 0. The lowest BCUT2D eigenvalue weighted by molar-refractivity contribution is -0.119. The lowest BCUT2D eigenvalue weighted by Crippen LogP contribution is -2.33. The molecule has 25 heavy (non-hydrogen) atoms. The van der Waals surface area contributed by atoms with Gasteiger partial charge >= 0.3 is 0 Å². The van der Waals surface area contributed by atoms with Gasteiger partial charge in [0.1, 0.15) is 6.04 Å². The molecule has 0 unspecified atom stereocenters. The number of anilines is 1. The third kappa shape index (κ3) is 3.26. The van der Waals surface area contributed by atoms with Gasteiger partial charge in [-0.3, -0.25) is 14.2 Å². The Morgan fingerprint density at radius 1 is 1.20 bits per heavy atom. The Morgan fingerprint density at radius 2 is 1.96 bits per heavy atom. The highest BCUT2D eigenvalue weighted by Crippen LogP contribution is 2.17. The van der Waals surface area contributed by atoms with E-state index in [-0.39, 0.29) is 11.2 Å². The third-order valence-electron chi connectivity index (χ3n) is 3.90. The first-order valence-corrected chi connectivity index (χ1v) is 7.73. The molecule has 2 aromatic carbocycles. The molecule has 7 heteroatoms. The van der Waals surface area contributed by atoms with Crippen LogP contribution in [-0.2, 0) is 4.79 Å². The van der Waals surface area contributed by atoms with Crippen LogP contribution < -0.4 is 10.9 Å². The summed E-state index contributed by atoms with van der Waals surface area (Å²) in [5, 5.41) is 2.91. The molecule has 1 aromatic heterocycles. The summed E-state index contributed by atoms with van der Waals surface area (Å²) < 4.78 is 27.5. The lowest BCUT2D eigenvalue weighted by Gasteiger charge is -2.18. The van der Waals surface area contributed by atoms with Gasteiger partial charge in [-0.05, 0) is 30.7 Å². The van der Waals surface area contributed by atoms with Crippen LogP contribution in [0.3, 0.4) is 0 Å². The van der Waals surface area contributed by atoms with Crippen molar-refractivity contribution in [3.8, 4) is 0 Å². The summed E-state index contributed by atoms with van der Waals surface area (Å²) in [5.74, 6) is -2.57. The zero-order valence-corrected chi connectivity index (χ0v) is 13.4. The van der Waals surface area contributed by atoms with Crippen molar-refractivity contribution >= 4 is 22.5 Å². The van der Waals surface area contributed by atoms with Crippen molar-refractivity contribution in [2.45, 2.75) is 19.4 Å². The highest BCUT2D eigenvalue weighted by Gasteiger charge is 2.21. The molecular formula is C18H15F2N3O2. The fourth-order valence-corrected chi connectivity index (χ4v) is 2.61. The Hall–Kier alpha value is -3.09. The van der Waals surface area contributed by atoms with Crippen LogP contribution in [0.1, 0.15) is 19.4 Å². The minimum Gasteiger partial charge on any atom is -0.324 e. The average Bonchev–Trinajstić information content (AvgIpc) is 2.61. The summed E-state index contributed by atoms with van der Waals surface area (Å²) in [5.41, 5.74) is 0.321. The van der Waals surface area contributed by atoms with Gasteiger partial charge in [0, 0.05) is 11.8 Å². The molecule has 0 saturated heterocycles. The van der Waals surface area contributed by atoms with E-state index in [1.54, 1.807) is 31.2 Å². The number of carbonyl (C=O) groups is 1. The SMILES string of the molecule is CC[C@@H](C(=O)Nc1ccc(F)c(F)c1)n1cnc2ccccc2c1=O. The Morgan fingerprint density at radius 3 is 2.68 bits per heavy atom. The second-order valence-corrected chi connectivity index (χ2v) is 5.52. The fourth-order valence-electron chi connectivity index (χ4n) is 2.61. The normalized spacial score (nSPS) is 12.1. The number of hydrogen-bond donors (Lipinski definition) is 1. The minimum absolute atomic E-state index is 0.115. The molecule has 1 amide bonds. The molecule has 1 atom stereocenters. The predicted octanol–water partition coefficient (Wildman–Crippen LogP) is 3.26. The van der Waals surface area contributed by atoms with Gasteiger partial charge in [-0.1, -0.05) is 19.1 Å². The van der Waals surface area contributed by atoms with Crippen molar-refractivity contribution in [3.63, 3.8) is 0 Å². The van der Waals surface area contributed by atoms with Crippen LogP contribution in [-0.4, -0.2) is 15.5 Å². The molecule has 1 heterocycles. The molecule has 0 saturated carbocycles. The highest BCUT2D eigenvalue weighted by atomic mass is 19.2. The van der Waals surface area contributed by atoms with Gasteiger partial charge < -0.3 is 5.32 Å². The van der Waals surface area contributed by atoms with E-state index in [0.29, 0.717) is 17.3 Å². The molecule has 3 aromatic rings. The van der Waals surface area contributed by atoms with Crippen molar-refractivity contribution in [2.75, 3.05) is 5.32 Å². The first-order valence-electron chi connectivity index (χ1n) is 7.73. The maximum Gasteiger partial charge on any atom is 0.261 e. The molecule has 0 bridgehead atoms. The van der Waals surface area contributed by atoms with Crippen molar-refractivity contribution in [3.05, 3.63) is 70.8 Å². The summed E-state index contributed by atoms with van der Waals surface area (Å²) in [6.07, 6.45) is 1.65. The number of carbonyl (C=O) groups excluding carboxylic acids is 1. The van der Waals surface area contributed by atoms with Crippen LogP contribution in [0.15, 0.2) is 53.6 Å². The van der Waals surface area contributed by atoms with Crippen LogP contribution in [0, 0.1) is 11.6 Å². The van der Waals surface area contributed by atoms with Gasteiger partial charge in [-0.15, -0.1) is 0 Å². The zero-order chi connectivity index (χ0) is 18.0. The van der Waals surface area contributed by atoms with E-state index in [1.807, 2.05) is 0 Å². The van der Waals surface area contributed by atoms with Crippen molar-refractivity contribution in [1.29, 1.82) is 0 Å². The summed E-state index contributed by atoms with van der Waals surface area (Å²) in [4.78, 5) is 29.3. The van der Waals surface area contributed by atoms with E-state index >= 15 is 0 Å². The predicted molar refractivity (Wildman–Crippen MR) is 90.3 cm³/mol. The number of hydrogen-bond acceptors (Lipinski definition) is 3. The van der Waals surface area contributed by atoms with Crippen molar-refractivity contribution < 1.29 is 13.6 Å². The van der Waals surface area contributed by atoms with Gasteiger partial charge in [0.05, 0.1) is 17.2 Å². The molecule has 0 aliphatic heterocycles. The van der Waals surface area contributed by atoms with Crippen LogP contribution >= 0.6 is 0 Å². The summed E-state index contributed by atoms with van der Waals surface area (Å²) in [6, 6.07) is 9.09. The smallest absolute Gasteiger partial charge is 0.261 e. The number of nitrogens with zero attached hydrogens (tertiary/aromatic N) is 2. The zero-order valence-electron chi connectivity index (χ0n) is 13.4. The van der Waals surface area contributed by atoms with Crippen LogP contribution in [0.5, 0.6) is 0 Å². The van der Waals surface area contributed by atoms with E-state index in [1.165, 1.54) is 17.0 Å². The van der Waals surface area contributed by atoms with E-state index in [4.69, 9.17) is 0 Å². The van der Waals surface area contributed by atoms with E-state index in [0.717, 1.165) is 12.1 Å². The molecule has 0 aliphatic carbocycles. The summed E-state index contributed by atoms with van der Waals surface area (Å²) in [6.45, 7) is 1.75. The van der Waals surface area contributed by atoms with E-state index in [2.05, 4.69) is 10.3 Å². The maximum atomic E-state index is 13.3. The van der Waals surface area contributed by atoms with Gasteiger partial charge in [-0.25, -0.2) is 13.8 Å². The van der Waals surface area contributed by atoms with Crippen LogP contribution in [0.4, 0.5) is 14.5 Å². The van der Waals surface area contributed by atoms with E-state index in [9.17, 15) is 18.4 Å². The second-order valence-electron chi connectivity index (χ2n) is 5.52. The molecule has 5 nitrogen and oxygen atoms in total. The highest BCUT2D eigenvalue weighted by molar-refractivity contribution is 5.93. The summed E-state index contributed by atoms with van der Waals surface area (Å²) in [7, 11) is 0. The number of halogens is 2. The van der Waals surface area contributed by atoms with Gasteiger partial charge in [0.25, 0.3) is 5.56 Å². The van der Waals surface area contributed by atoms with Crippen molar-refractivity contribution in [1.82, 2.24) is 9.55 Å². The molecule has 3 rings (SSSR count). The average molecular weight is 343 g/mol. The number of nitrogens with one attached hydrogen (secondary N) is 1. The van der Waals surface area contributed by atoms with Crippen molar-refractivity contribution in [2.24, 2.45) is 0 Å². The molecule has 0 spiro atoms. The monoisotopic (exact) mass is 343 g/mol. The number of para-hydroxylation sites is 1. The third-order valence-corrected chi connectivity index (χ3v) is 3.90. The number of amides is 1. The van der Waals surface area contributed by atoms with E-state index < -0.39 is 23.6 Å². The molecule has 0 fully saturated rings. The lowest BCUT2D eigenvalue weighted by atomic mass is 10.1. The number of fused-ring (bicyclic) bond motifs is 1. The second kappa shape index (κ2) is 6.80. The largest absolute Gasteiger partial charge is 0.324 e. The van der Waals surface area contributed by atoms with Crippen LogP contribution in [0.2, 0.25) is 0 Å². The minimum atomic E-state index is -1.06. The quantitative estimate of drug-likeness (QED) is 0.791. The first-order chi connectivity index (χ1) is 12.0. The van der Waals surface area contributed by atoms with Gasteiger partial charge in [0.15, 0.2) is 11.6 Å². The molecule has 1 N–H and O–H groups in total. The molecular weight excluding hydrogens is 328 g/mol. The molecule has 0 aliphatic rings. The fraction of sp³-hybridized carbons (Fsp3) is 0.167. The van der Waals surface area contributed by atoms with Gasteiger partial charge in [0.2, 0.25) is 5.91 Å². The Bertz CT molecular complexity index is 1000. The topological polar surface area (TPSA) is 64.0 Å². The maximum absolute atomic E-state index is 13.3. The molecule has 0 radical (unpaired) electrons.